The number of H-pyrrole nitrogens is 6. The van der Waals surface area contributed by atoms with Gasteiger partial charge in [-0.1, -0.05) is 91.0 Å². The summed E-state index contributed by atoms with van der Waals surface area (Å²) >= 11 is 0. The van der Waals surface area contributed by atoms with E-state index in [1.54, 1.807) is 123 Å². The summed E-state index contributed by atoms with van der Waals surface area (Å²) in [6, 6.07) is 47.9. The molecule has 1 saturated heterocycles. The maximum Gasteiger partial charge on any atom is 0.322 e. The van der Waals surface area contributed by atoms with Crippen LogP contribution in [-0.4, -0.2) is 159 Å². The summed E-state index contributed by atoms with van der Waals surface area (Å²) in [7, 11) is 3.34. The Morgan fingerprint density at radius 1 is 0.421 bits per heavy atom. The summed E-state index contributed by atoms with van der Waals surface area (Å²) in [5, 5.41) is 33.1. The van der Waals surface area contributed by atoms with E-state index in [2.05, 4.69) is 91.4 Å². The highest BCUT2D eigenvalue weighted by molar-refractivity contribution is 6.02. The minimum atomic E-state index is -0.308. The van der Waals surface area contributed by atoms with Gasteiger partial charge in [-0.25, -0.2) is 52.7 Å². The monoisotopic (exact) mass is 1520 g/mol. The van der Waals surface area contributed by atoms with Crippen molar-refractivity contribution in [1.82, 2.24) is 100 Å². The first kappa shape index (κ1) is 70.5. The molecule has 2 aliphatic rings. The molecule has 9 N–H and O–H groups in total. The number of halogens is 3. The van der Waals surface area contributed by atoms with Crippen LogP contribution in [0.5, 0.6) is 0 Å². The first-order chi connectivity index (χ1) is 55.7. The highest BCUT2D eigenvalue weighted by atomic mass is 19.1. The molecule has 18 aromatic rings. The lowest BCUT2D eigenvalue weighted by Gasteiger charge is -2.26. The maximum absolute atomic E-state index is 14.6. The molecule has 560 valence electrons. The van der Waals surface area contributed by atoms with Crippen molar-refractivity contribution in [3.05, 3.63) is 237 Å². The summed E-state index contributed by atoms with van der Waals surface area (Å²) in [6.07, 6.45) is 17.0. The Balaban J connectivity index is 0.000000119. The van der Waals surface area contributed by atoms with E-state index in [0.717, 1.165) is 78.9 Å². The van der Waals surface area contributed by atoms with Crippen LogP contribution in [0, 0.1) is 23.4 Å². The standard InChI is InChI=1S/C29H23FN8O2.C28H20FN7O.C27H21FN8O/c30-23-6-2-1-4-20(23)21-5-3-7-24-25(21)35-28(34-24)26-22-13-18(15-32-27(22)37-36-26)17-12-19(16-31-14-17)33-29(39)38-8-10-40-11-9-38;29-22-6-2-1-4-19(22)20-5-3-7-23-24(20)34-27(33-23)25-21-11-17(13-31-26(21)36-35-25)16-10-18(14-30-12-16)32-28(37)15-8-9-15;1-36(2)27(37)31-17-10-15(12-29-14-17)16-11-20-24(34-35-25(20)30-13-16)26-32-22-9-5-7-19(23(22)33-26)18-6-3-4-8-21(18)28/h1-7,12-16H,8-11H2,(H,33,39)(H,34,35)(H,32,36,37);1-7,10-15H,8-9H2,(H,32,37)(H,33,34)(H,31,35,36);3-14H,1-2H3,(H,31,37)(H,32,33)(H,30,34,35). The molecule has 5 amide bonds. The quantitative estimate of drug-likeness (QED) is 0.0518. The molecule has 114 heavy (non-hydrogen) atoms. The zero-order chi connectivity index (χ0) is 77.5. The normalized spacial score (nSPS) is 12.8. The van der Waals surface area contributed by atoms with Crippen LogP contribution >= 0.6 is 0 Å². The highest BCUT2D eigenvalue weighted by Gasteiger charge is 2.30. The van der Waals surface area contributed by atoms with Crippen molar-refractivity contribution in [2.75, 3.05) is 56.3 Å². The Morgan fingerprint density at radius 2 is 0.772 bits per heavy atom. The number of aromatic nitrogens is 18. The molecule has 1 aliphatic carbocycles. The van der Waals surface area contributed by atoms with E-state index < -0.39 is 0 Å². The topological polar surface area (TPSA) is 352 Å². The number of urea groups is 2. The number of hydrogen-bond donors (Lipinski definition) is 9. The summed E-state index contributed by atoms with van der Waals surface area (Å²) in [5.41, 5.74) is 18.1. The summed E-state index contributed by atoms with van der Waals surface area (Å²) in [4.78, 5) is 90.9. The average Bonchev–Trinajstić information content (AvgIpc) is 1.62. The third kappa shape index (κ3) is 14.1. The molecule has 12 aromatic heterocycles. The van der Waals surface area contributed by atoms with E-state index >= 15 is 0 Å². The third-order valence-corrected chi connectivity index (χ3v) is 19.6. The molecule has 0 unspecified atom stereocenters. The summed E-state index contributed by atoms with van der Waals surface area (Å²) in [5.74, 6) is 0.918. The highest BCUT2D eigenvalue weighted by Crippen LogP contribution is 2.39. The van der Waals surface area contributed by atoms with Gasteiger partial charge in [0.05, 0.1) is 98.1 Å². The number of imidazole rings is 3. The van der Waals surface area contributed by atoms with E-state index in [1.807, 2.05) is 97.1 Å². The first-order valence-electron chi connectivity index (χ1n) is 36.3. The lowest BCUT2D eigenvalue weighted by molar-refractivity contribution is -0.117. The zero-order valence-electron chi connectivity index (χ0n) is 60.6. The number of amides is 5. The number of anilines is 3. The van der Waals surface area contributed by atoms with E-state index in [9.17, 15) is 27.6 Å². The number of ether oxygens (including phenoxy) is 1. The van der Waals surface area contributed by atoms with Crippen molar-refractivity contribution in [3.8, 4) is 101 Å². The Bertz CT molecular complexity index is 6500. The van der Waals surface area contributed by atoms with Gasteiger partial charge in [-0.15, -0.1) is 0 Å². The first-order valence-corrected chi connectivity index (χ1v) is 36.3. The molecule has 2 fully saturated rings. The molecule has 30 heteroatoms. The molecule has 0 atom stereocenters. The van der Waals surface area contributed by atoms with Crippen molar-refractivity contribution in [3.63, 3.8) is 0 Å². The minimum Gasteiger partial charge on any atom is -0.378 e. The number of fused-ring (bicyclic) bond motifs is 6. The molecule has 1 saturated carbocycles. The van der Waals surface area contributed by atoms with Crippen molar-refractivity contribution < 1.29 is 32.3 Å². The Hall–Kier alpha value is -15.2. The Labute approximate surface area is 644 Å². The Morgan fingerprint density at radius 3 is 1.14 bits per heavy atom. The van der Waals surface area contributed by atoms with Gasteiger partial charge in [-0.3, -0.25) is 35.0 Å². The van der Waals surface area contributed by atoms with Gasteiger partial charge in [-0.2, -0.15) is 15.3 Å². The van der Waals surface area contributed by atoms with E-state index in [4.69, 9.17) is 19.7 Å². The molecule has 1 aliphatic heterocycles. The summed E-state index contributed by atoms with van der Waals surface area (Å²) < 4.78 is 49.0. The number of hydrogen-bond acceptors (Lipinski definition) is 16. The fourth-order valence-electron chi connectivity index (χ4n) is 13.6. The number of carbonyl (C=O) groups excluding carboxylic acids is 3. The van der Waals surface area contributed by atoms with Crippen molar-refractivity contribution in [1.29, 1.82) is 0 Å². The second-order valence-electron chi connectivity index (χ2n) is 27.4. The van der Waals surface area contributed by atoms with Crippen LogP contribution in [0.25, 0.3) is 168 Å². The SMILES string of the molecule is CN(C)C(=O)Nc1cncc(-c2cnc3n[nH]c(-c4nc5c(-c6ccccc6F)cccc5[nH]4)c3c2)c1.O=C(Nc1cncc(-c2cnc3n[nH]c(-c4nc5c(-c6ccccc6F)cccc5[nH]4)c3c2)c1)C1CC1.O=C(Nc1cncc(-c2cnc3n[nH]c(-c4nc5c(-c6ccccc6F)cccc5[nH]4)c3c2)c1)N1CCOCC1. The van der Waals surface area contributed by atoms with Gasteiger partial charge in [-0.05, 0) is 85.6 Å². The van der Waals surface area contributed by atoms with Gasteiger partial charge in [0.2, 0.25) is 5.91 Å². The van der Waals surface area contributed by atoms with Crippen LogP contribution in [0.1, 0.15) is 12.8 Å². The largest absolute Gasteiger partial charge is 0.378 e. The Kier molecular flexibility index (Phi) is 18.5. The van der Waals surface area contributed by atoms with E-state index in [0.29, 0.717) is 145 Å². The fraction of sp³-hybridized carbons (Fsp3) is 0.107. The van der Waals surface area contributed by atoms with Crippen LogP contribution in [0.2, 0.25) is 0 Å². The maximum atomic E-state index is 14.6. The molecule has 0 spiro atoms. The molecule has 27 nitrogen and oxygen atoms in total. The molecule has 20 rings (SSSR count). The number of carbonyl (C=O) groups is 3. The van der Waals surface area contributed by atoms with E-state index in [-0.39, 0.29) is 41.3 Å². The van der Waals surface area contributed by atoms with Crippen molar-refractivity contribution >= 4 is 101 Å². The van der Waals surface area contributed by atoms with Gasteiger partial charge in [0.15, 0.2) is 34.4 Å². The number of nitrogens with one attached hydrogen (secondary N) is 9. The lowest BCUT2D eigenvalue weighted by atomic mass is 10.0. The number of aromatic amines is 6. The van der Waals surface area contributed by atoms with Gasteiger partial charge >= 0.3 is 12.1 Å². The fourth-order valence-corrected chi connectivity index (χ4v) is 13.6. The average molecular weight is 1520 g/mol. The number of rotatable bonds is 13. The van der Waals surface area contributed by atoms with Gasteiger partial charge in [0.1, 0.15) is 34.5 Å². The van der Waals surface area contributed by atoms with Crippen LogP contribution < -0.4 is 16.0 Å². The van der Waals surface area contributed by atoms with Crippen LogP contribution in [-0.2, 0) is 9.53 Å². The van der Waals surface area contributed by atoms with E-state index in [1.165, 1.54) is 23.1 Å². The summed E-state index contributed by atoms with van der Waals surface area (Å²) in [6.45, 7) is 2.15. The number of nitrogens with zero attached hydrogens (tertiary/aromatic N) is 14. The predicted molar refractivity (Wildman–Crippen MR) is 428 cm³/mol. The van der Waals surface area contributed by atoms with Crippen molar-refractivity contribution in [2.24, 2.45) is 5.92 Å². The number of para-hydroxylation sites is 3. The van der Waals surface area contributed by atoms with Crippen molar-refractivity contribution in [2.45, 2.75) is 12.8 Å². The molecule has 13 heterocycles. The molecular formula is C84H64F3N23O4. The molecule has 6 aromatic carbocycles. The van der Waals surface area contributed by atoms with Gasteiger partial charge in [0.25, 0.3) is 0 Å². The molecule has 0 bridgehead atoms. The smallest absolute Gasteiger partial charge is 0.322 e. The second-order valence-corrected chi connectivity index (χ2v) is 27.4. The third-order valence-electron chi connectivity index (χ3n) is 19.6. The number of morpholine rings is 1. The number of pyridine rings is 6. The van der Waals surface area contributed by atoms with Gasteiger partial charge < -0.3 is 45.4 Å². The van der Waals surface area contributed by atoms with Crippen LogP contribution in [0.15, 0.2) is 220 Å². The molecule has 0 radical (unpaired) electrons. The predicted octanol–water partition coefficient (Wildman–Crippen LogP) is 16.4. The van der Waals surface area contributed by atoms with Crippen LogP contribution in [0.4, 0.5) is 39.8 Å². The lowest BCUT2D eigenvalue weighted by Crippen LogP contribution is -2.43. The number of benzene rings is 6. The van der Waals surface area contributed by atoms with Gasteiger partial charge in [0, 0.05) is 137 Å². The van der Waals surface area contributed by atoms with Crippen LogP contribution in [0.3, 0.4) is 0 Å². The molecular weight excluding hydrogens is 1450 g/mol. The zero-order valence-corrected chi connectivity index (χ0v) is 60.6. The minimum absolute atomic E-state index is 0.0317. The second kappa shape index (κ2) is 30.0.